The summed E-state index contributed by atoms with van der Waals surface area (Å²) in [6, 6.07) is 11.6. The van der Waals surface area contributed by atoms with Crippen molar-refractivity contribution in [2.75, 3.05) is 4.90 Å². The molecule has 33 heavy (non-hydrogen) atoms. The zero-order valence-corrected chi connectivity index (χ0v) is 17.9. The summed E-state index contributed by atoms with van der Waals surface area (Å²) in [5.74, 6) is -1.79. The number of para-hydroxylation sites is 2. The number of carboxylic acids is 1. The topological polar surface area (TPSA) is 136 Å². The van der Waals surface area contributed by atoms with Gasteiger partial charge in [-0.05, 0) is 32.0 Å². The van der Waals surface area contributed by atoms with Crippen molar-refractivity contribution < 1.29 is 25.0 Å². The average Bonchev–Trinajstić information content (AvgIpc) is 3.15. The van der Waals surface area contributed by atoms with Crippen molar-refractivity contribution in [1.82, 2.24) is 14.6 Å². The number of amides is 1. The highest BCUT2D eigenvalue weighted by atomic mass is 16.5. The fourth-order valence-electron chi connectivity index (χ4n) is 4.88. The van der Waals surface area contributed by atoms with E-state index in [0.29, 0.717) is 16.8 Å². The molecule has 1 saturated heterocycles. The predicted octanol–water partition coefficient (Wildman–Crippen LogP) is 1.46. The van der Waals surface area contributed by atoms with Gasteiger partial charge in [0.1, 0.15) is 23.3 Å². The number of anilines is 1. The van der Waals surface area contributed by atoms with E-state index in [1.165, 1.54) is 18.7 Å². The molecule has 5 rings (SSSR count). The van der Waals surface area contributed by atoms with Crippen LogP contribution < -0.4 is 10.5 Å². The number of aliphatic hydroxyl groups is 1. The monoisotopic (exact) mass is 450 g/mol. The van der Waals surface area contributed by atoms with Crippen molar-refractivity contribution >= 4 is 28.5 Å². The Morgan fingerprint density at radius 1 is 1.12 bits per heavy atom. The number of aliphatic carboxylic acids is 1. The lowest BCUT2D eigenvalue weighted by Gasteiger charge is -2.37. The van der Waals surface area contributed by atoms with Crippen molar-refractivity contribution in [3.8, 4) is 0 Å². The molecule has 2 aromatic carbocycles. The van der Waals surface area contributed by atoms with Gasteiger partial charge in [0.2, 0.25) is 0 Å². The minimum atomic E-state index is -1.98. The Morgan fingerprint density at radius 3 is 2.52 bits per heavy atom. The van der Waals surface area contributed by atoms with Crippen LogP contribution in [0.25, 0.3) is 10.9 Å². The van der Waals surface area contributed by atoms with Gasteiger partial charge in [0.15, 0.2) is 0 Å². The molecule has 0 unspecified atom stereocenters. The van der Waals surface area contributed by atoms with Crippen LogP contribution in [0.3, 0.4) is 0 Å². The molecule has 2 aliphatic heterocycles. The standard InChI is InChI=1S/C23H22N4O6/c1-22(2)21(31)26-16-10-6-4-8-14(16)23(32,20(26)27(22)33)11-17(19(29)30)25-12-24-15-9-5-3-7-13(15)18(25)28/h3-10,12,17,20,32-33H,11H2,1-2H3,(H,29,30)/t17-,20+,23+/m0/s1. The number of hydrogen-bond acceptors (Lipinski definition) is 7. The highest BCUT2D eigenvalue weighted by molar-refractivity contribution is 6.04. The smallest absolute Gasteiger partial charge is 0.326 e. The number of rotatable bonds is 4. The first kappa shape index (κ1) is 21.3. The second kappa shape index (κ2) is 6.95. The molecule has 0 bridgehead atoms. The van der Waals surface area contributed by atoms with Crippen LogP contribution in [0.1, 0.15) is 31.9 Å². The Bertz CT molecular complexity index is 1370. The third-order valence-electron chi connectivity index (χ3n) is 6.66. The van der Waals surface area contributed by atoms with E-state index in [9.17, 15) is 29.8 Å². The van der Waals surface area contributed by atoms with Crippen molar-refractivity contribution in [3.63, 3.8) is 0 Å². The van der Waals surface area contributed by atoms with Gasteiger partial charge in [-0.15, -0.1) is 0 Å². The molecule has 3 heterocycles. The van der Waals surface area contributed by atoms with Crippen LogP contribution in [0.4, 0.5) is 5.69 Å². The summed E-state index contributed by atoms with van der Waals surface area (Å²) in [6.45, 7) is 3.03. The second-order valence-corrected chi connectivity index (χ2v) is 8.93. The molecule has 0 radical (unpaired) electrons. The van der Waals surface area contributed by atoms with E-state index in [-0.39, 0.29) is 5.39 Å². The van der Waals surface area contributed by atoms with Gasteiger partial charge in [0, 0.05) is 12.0 Å². The summed E-state index contributed by atoms with van der Waals surface area (Å²) in [5, 5.41) is 33.9. The molecule has 2 aliphatic rings. The third kappa shape index (κ3) is 2.78. The maximum absolute atomic E-state index is 13.1. The minimum Gasteiger partial charge on any atom is -0.480 e. The molecule has 10 heteroatoms. The van der Waals surface area contributed by atoms with Crippen LogP contribution in [0.5, 0.6) is 0 Å². The van der Waals surface area contributed by atoms with E-state index in [1.807, 2.05) is 0 Å². The molecule has 1 fully saturated rings. The van der Waals surface area contributed by atoms with Gasteiger partial charge in [-0.25, -0.2) is 9.78 Å². The Kier molecular flexibility index (Phi) is 4.47. The maximum Gasteiger partial charge on any atom is 0.326 e. The third-order valence-corrected chi connectivity index (χ3v) is 6.66. The molecule has 0 aliphatic carbocycles. The second-order valence-electron chi connectivity index (χ2n) is 8.93. The van der Waals surface area contributed by atoms with Gasteiger partial charge in [-0.3, -0.25) is 19.1 Å². The van der Waals surface area contributed by atoms with Crippen LogP contribution in [0.15, 0.2) is 59.7 Å². The summed E-state index contributed by atoms with van der Waals surface area (Å²) in [6.07, 6.45) is -0.601. The van der Waals surface area contributed by atoms with Crippen LogP contribution in [0.2, 0.25) is 0 Å². The molecular weight excluding hydrogens is 428 g/mol. The molecule has 10 nitrogen and oxygen atoms in total. The molecule has 1 aromatic heterocycles. The van der Waals surface area contributed by atoms with Crippen molar-refractivity contribution in [3.05, 3.63) is 70.8 Å². The van der Waals surface area contributed by atoms with Crippen LogP contribution in [0, 0.1) is 0 Å². The first-order valence-electron chi connectivity index (χ1n) is 10.4. The van der Waals surface area contributed by atoms with E-state index < -0.39 is 47.2 Å². The number of hydroxylamine groups is 2. The van der Waals surface area contributed by atoms with Gasteiger partial charge in [-0.2, -0.15) is 5.06 Å². The zero-order valence-electron chi connectivity index (χ0n) is 17.9. The lowest BCUT2D eigenvalue weighted by molar-refractivity contribution is -0.210. The number of hydrogen-bond donors (Lipinski definition) is 3. The molecule has 3 atom stereocenters. The van der Waals surface area contributed by atoms with E-state index in [1.54, 1.807) is 48.5 Å². The average molecular weight is 450 g/mol. The summed E-state index contributed by atoms with van der Waals surface area (Å²) < 4.78 is 0.970. The quantitative estimate of drug-likeness (QED) is 0.544. The normalized spacial score (nSPS) is 24.7. The summed E-state index contributed by atoms with van der Waals surface area (Å²) in [4.78, 5) is 44.0. The predicted molar refractivity (Wildman–Crippen MR) is 117 cm³/mol. The molecule has 3 N–H and O–H groups in total. The first-order chi connectivity index (χ1) is 15.6. The lowest BCUT2D eigenvalue weighted by Crippen LogP contribution is -2.53. The van der Waals surface area contributed by atoms with Gasteiger partial charge in [0.25, 0.3) is 11.5 Å². The molecule has 1 amide bonds. The fourth-order valence-corrected chi connectivity index (χ4v) is 4.88. The Labute approximate surface area is 187 Å². The first-order valence-corrected chi connectivity index (χ1v) is 10.4. The van der Waals surface area contributed by atoms with Gasteiger partial charge < -0.3 is 15.4 Å². The summed E-state index contributed by atoms with van der Waals surface area (Å²) in [7, 11) is 0. The Hall–Kier alpha value is -3.60. The SMILES string of the molecule is CC1(C)C(=O)N2c3ccccc3[C@](O)(C[C@@H](C(=O)O)n3cnc4ccccc4c3=O)[C@H]2N1O. The van der Waals surface area contributed by atoms with Gasteiger partial charge >= 0.3 is 5.97 Å². The number of benzene rings is 2. The number of aromatic nitrogens is 2. The molecule has 0 spiro atoms. The van der Waals surface area contributed by atoms with Crippen LogP contribution in [-0.4, -0.2) is 53.6 Å². The number of carboxylic acid groups (broad SMARTS) is 1. The van der Waals surface area contributed by atoms with E-state index >= 15 is 0 Å². The summed E-state index contributed by atoms with van der Waals surface area (Å²) in [5.41, 5.74) is -2.79. The van der Waals surface area contributed by atoms with Crippen LogP contribution >= 0.6 is 0 Å². The maximum atomic E-state index is 13.1. The van der Waals surface area contributed by atoms with Crippen molar-refractivity contribution in [2.45, 2.75) is 43.6 Å². The van der Waals surface area contributed by atoms with Crippen molar-refractivity contribution in [2.24, 2.45) is 0 Å². The number of carbonyl (C=O) groups excluding carboxylic acids is 1. The zero-order chi connectivity index (χ0) is 23.7. The van der Waals surface area contributed by atoms with E-state index in [2.05, 4.69) is 4.98 Å². The van der Waals surface area contributed by atoms with E-state index in [0.717, 1.165) is 16.0 Å². The van der Waals surface area contributed by atoms with Gasteiger partial charge in [-0.1, -0.05) is 30.3 Å². The highest BCUT2D eigenvalue weighted by Gasteiger charge is 2.65. The largest absolute Gasteiger partial charge is 0.480 e. The molecule has 170 valence electrons. The summed E-state index contributed by atoms with van der Waals surface area (Å²) >= 11 is 0. The van der Waals surface area contributed by atoms with E-state index in [4.69, 9.17) is 0 Å². The Morgan fingerprint density at radius 2 is 1.79 bits per heavy atom. The fraction of sp³-hybridized carbons (Fsp3) is 0.304. The Balaban J connectivity index is 1.66. The number of nitrogens with zero attached hydrogens (tertiary/aromatic N) is 4. The van der Waals surface area contributed by atoms with Crippen LogP contribution in [-0.2, 0) is 15.2 Å². The van der Waals surface area contributed by atoms with Crippen molar-refractivity contribution in [1.29, 1.82) is 0 Å². The van der Waals surface area contributed by atoms with Gasteiger partial charge in [0.05, 0.1) is 22.9 Å². The number of fused-ring (bicyclic) bond motifs is 4. The molecular formula is C23H22N4O6. The minimum absolute atomic E-state index is 0.243. The number of carbonyl (C=O) groups is 2. The molecule has 3 aromatic rings. The highest BCUT2D eigenvalue weighted by Crippen LogP contribution is 2.53. The lowest BCUT2D eigenvalue weighted by atomic mass is 9.85. The molecule has 0 saturated carbocycles.